The van der Waals surface area contributed by atoms with Gasteiger partial charge in [-0.3, -0.25) is 4.79 Å². The van der Waals surface area contributed by atoms with Crippen molar-refractivity contribution in [2.45, 2.75) is 32.1 Å². The summed E-state index contributed by atoms with van der Waals surface area (Å²) in [5, 5.41) is 8.55. The molecule has 0 radical (unpaired) electrons. The smallest absolute Gasteiger partial charge is 0.303 e. The van der Waals surface area contributed by atoms with Gasteiger partial charge >= 0.3 is 5.97 Å². The maximum Gasteiger partial charge on any atom is 0.303 e. The first kappa shape index (κ1) is 14.7. The summed E-state index contributed by atoms with van der Waals surface area (Å²) in [5.74, 6) is -1.01. The fourth-order valence-corrected chi connectivity index (χ4v) is 4.49. The van der Waals surface area contributed by atoms with Crippen LogP contribution in [0.4, 0.5) is 0 Å². The predicted molar refractivity (Wildman–Crippen MR) is 69.3 cm³/mol. The third-order valence-electron chi connectivity index (χ3n) is 4.14. The lowest BCUT2D eigenvalue weighted by molar-refractivity contribution is -0.137. The van der Waals surface area contributed by atoms with Crippen molar-refractivity contribution in [3.05, 3.63) is 0 Å². The average molecular weight is 291 g/mol. The topological polar surface area (TPSA) is 83.9 Å². The molecular weight excluding hydrogens is 270 g/mol. The van der Waals surface area contributed by atoms with E-state index in [2.05, 4.69) is 0 Å². The summed E-state index contributed by atoms with van der Waals surface area (Å²) in [6, 6.07) is 0. The number of sulfonamides is 1. The van der Waals surface area contributed by atoms with Crippen LogP contribution in [0.15, 0.2) is 0 Å². The molecule has 0 aromatic rings. The zero-order valence-electron chi connectivity index (χ0n) is 11.0. The van der Waals surface area contributed by atoms with Crippen LogP contribution in [0, 0.1) is 5.41 Å². The number of nitrogens with zero attached hydrogens (tertiary/aromatic N) is 1. The molecule has 0 aliphatic carbocycles. The van der Waals surface area contributed by atoms with E-state index in [4.69, 9.17) is 9.84 Å². The summed E-state index contributed by atoms with van der Waals surface area (Å²) in [7, 11) is -3.30. The van der Waals surface area contributed by atoms with Gasteiger partial charge in [0.1, 0.15) is 0 Å². The lowest BCUT2D eigenvalue weighted by Crippen LogP contribution is -2.36. The molecule has 2 saturated heterocycles. The Morgan fingerprint density at radius 3 is 2.58 bits per heavy atom. The highest BCUT2D eigenvalue weighted by molar-refractivity contribution is 7.89. The van der Waals surface area contributed by atoms with E-state index >= 15 is 0 Å². The maximum absolute atomic E-state index is 12.1. The summed E-state index contributed by atoms with van der Waals surface area (Å²) in [6.07, 6.45) is 2.84. The Morgan fingerprint density at radius 1 is 1.26 bits per heavy atom. The molecule has 2 aliphatic heterocycles. The van der Waals surface area contributed by atoms with Crippen LogP contribution in [0.3, 0.4) is 0 Å². The number of carbonyl (C=O) groups is 1. The standard InChI is InChI=1S/C12H21NO5S/c14-11(15)2-1-9-19(16,17)13-6-3-12(10-13)4-7-18-8-5-12/h1-10H2,(H,14,15). The minimum absolute atomic E-state index is 0.0636. The number of hydrogen-bond donors (Lipinski definition) is 1. The highest BCUT2D eigenvalue weighted by Gasteiger charge is 2.42. The number of hydrogen-bond acceptors (Lipinski definition) is 4. The SMILES string of the molecule is O=C(O)CCCS(=O)(=O)N1CCC2(CCOCC2)C1. The Hall–Kier alpha value is -0.660. The third kappa shape index (κ3) is 3.67. The van der Waals surface area contributed by atoms with Crippen molar-refractivity contribution in [2.24, 2.45) is 5.41 Å². The van der Waals surface area contributed by atoms with E-state index in [9.17, 15) is 13.2 Å². The molecule has 0 atom stereocenters. The van der Waals surface area contributed by atoms with Gasteiger partial charge in [-0.1, -0.05) is 0 Å². The van der Waals surface area contributed by atoms with Gasteiger partial charge in [-0.2, -0.15) is 0 Å². The Labute approximate surface area is 113 Å². The van der Waals surface area contributed by atoms with Gasteiger partial charge in [0.05, 0.1) is 5.75 Å². The fraction of sp³-hybridized carbons (Fsp3) is 0.917. The first-order valence-electron chi connectivity index (χ1n) is 6.71. The number of rotatable bonds is 5. The third-order valence-corrected chi connectivity index (χ3v) is 6.05. The lowest BCUT2D eigenvalue weighted by atomic mass is 9.80. The van der Waals surface area contributed by atoms with Gasteiger partial charge < -0.3 is 9.84 Å². The normalized spacial score (nSPS) is 23.8. The van der Waals surface area contributed by atoms with Crippen LogP contribution >= 0.6 is 0 Å². The van der Waals surface area contributed by atoms with Crippen LogP contribution in [0.2, 0.25) is 0 Å². The zero-order valence-corrected chi connectivity index (χ0v) is 11.8. The van der Waals surface area contributed by atoms with Crippen molar-refractivity contribution in [2.75, 3.05) is 32.1 Å². The predicted octanol–water partition coefficient (Wildman–Crippen LogP) is 0.683. The minimum Gasteiger partial charge on any atom is -0.481 e. The van der Waals surface area contributed by atoms with Crippen LogP contribution < -0.4 is 0 Å². The highest BCUT2D eigenvalue weighted by atomic mass is 32.2. The Kier molecular flexibility index (Phi) is 4.47. The summed E-state index contributed by atoms with van der Waals surface area (Å²) < 4.78 is 31.2. The lowest BCUT2D eigenvalue weighted by Gasteiger charge is -2.33. The number of carboxylic acid groups (broad SMARTS) is 1. The molecule has 1 N–H and O–H groups in total. The van der Waals surface area contributed by atoms with E-state index in [1.807, 2.05) is 0 Å². The highest BCUT2D eigenvalue weighted by Crippen LogP contribution is 2.40. The summed E-state index contributed by atoms with van der Waals surface area (Å²) in [5.41, 5.74) is 0.0954. The van der Waals surface area contributed by atoms with Crippen molar-refractivity contribution < 1.29 is 23.1 Å². The molecule has 19 heavy (non-hydrogen) atoms. The van der Waals surface area contributed by atoms with Gasteiger partial charge in [0.25, 0.3) is 0 Å². The molecule has 2 rings (SSSR count). The molecule has 110 valence electrons. The van der Waals surface area contributed by atoms with Crippen LogP contribution in [-0.4, -0.2) is 55.9 Å². The Bertz CT molecular complexity index is 427. The maximum atomic E-state index is 12.1. The Morgan fingerprint density at radius 2 is 1.95 bits per heavy atom. The minimum atomic E-state index is -3.30. The largest absolute Gasteiger partial charge is 0.481 e. The van der Waals surface area contributed by atoms with Gasteiger partial charge in [0, 0.05) is 32.7 Å². The van der Waals surface area contributed by atoms with E-state index in [1.165, 1.54) is 0 Å². The van der Waals surface area contributed by atoms with Crippen molar-refractivity contribution >= 4 is 16.0 Å². The molecule has 0 unspecified atom stereocenters. The Balaban J connectivity index is 1.89. The van der Waals surface area contributed by atoms with E-state index in [0.29, 0.717) is 26.3 Å². The van der Waals surface area contributed by atoms with Gasteiger partial charge in [0.15, 0.2) is 0 Å². The summed E-state index contributed by atoms with van der Waals surface area (Å²) >= 11 is 0. The molecule has 0 aromatic carbocycles. The molecule has 0 aromatic heterocycles. The quantitative estimate of drug-likeness (QED) is 0.805. The number of aliphatic carboxylic acids is 1. The molecule has 0 amide bonds. The van der Waals surface area contributed by atoms with Crippen LogP contribution in [0.25, 0.3) is 0 Å². The second-order valence-corrected chi connectivity index (χ2v) is 7.60. The molecule has 1 spiro atoms. The van der Waals surface area contributed by atoms with Crippen LogP contribution in [0.5, 0.6) is 0 Å². The molecule has 2 aliphatic rings. The van der Waals surface area contributed by atoms with Crippen molar-refractivity contribution in [1.29, 1.82) is 0 Å². The van der Waals surface area contributed by atoms with Gasteiger partial charge in [0.2, 0.25) is 10.0 Å². The van der Waals surface area contributed by atoms with Gasteiger partial charge in [-0.05, 0) is 31.1 Å². The molecule has 0 bridgehead atoms. The second-order valence-electron chi connectivity index (χ2n) is 5.51. The first-order chi connectivity index (χ1) is 8.94. The van der Waals surface area contributed by atoms with E-state index < -0.39 is 16.0 Å². The number of ether oxygens (including phenoxy) is 1. The molecule has 2 fully saturated rings. The second kappa shape index (κ2) is 5.76. The number of carboxylic acids is 1. The monoisotopic (exact) mass is 291 g/mol. The van der Waals surface area contributed by atoms with Crippen molar-refractivity contribution in [3.63, 3.8) is 0 Å². The van der Waals surface area contributed by atoms with Crippen molar-refractivity contribution in [3.8, 4) is 0 Å². The summed E-state index contributed by atoms with van der Waals surface area (Å²) in [4.78, 5) is 10.4. The average Bonchev–Trinajstić information content (AvgIpc) is 2.74. The molecule has 0 saturated carbocycles. The van der Waals surface area contributed by atoms with Gasteiger partial charge in [-0.25, -0.2) is 12.7 Å². The molecule has 7 heteroatoms. The van der Waals surface area contributed by atoms with E-state index in [1.54, 1.807) is 4.31 Å². The fourth-order valence-electron chi connectivity index (χ4n) is 2.88. The van der Waals surface area contributed by atoms with Crippen LogP contribution in [0.1, 0.15) is 32.1 Å². The molecular formula is C12H21NO5S. The zero-order chi connectivity index (χ0) is 13.9. The van der Waals surface area contributed by atoms with E-state index in [0.717, 1.165) is 19.3 Å². The van der Waals surface area contributed by atoms with Gasteiger partial charge in [-0.15, -0.1) is 0 Å². The first-order valence-corrected chi connectivity index (χ1v) is 8.32. The molecule has 2 heterocycles. The molecule has 6 nitrogen and oxygen atoms in total. The van der Waals surface area contributed by atoms with Crippen LogP contribution in [-0.2, 0) is 19.6 Å². The van der Waals surface area contributed by atoms with Crippen molar-refractivity contribution in [1.82, 2.24) is 4.31 Å². The van der Waals surface area contributed by atoms with E-state index in [-0.39, 0.29) is 24.0 Å². The summed E-state index contributed by atoms with van der Waals surface area (Å²) in [6.45, 7) is 2.57.